The fourth-order valence-corrected chi connectivity index (χ4v) is 2.96. The van der Waals surface area contributed by atoms with Crippen LogP contribution < -0.4 is 10.1 Å². The van der Waals surface area contributed by atoms with E-state index in [1.165, 1.54) is 31.5 Å². The molecule has 1 aliphatic rings. The quantitative estimate of drug-likeness (QED) is 0.767. The lowest BCUT2D eigenvalue weighted by Gasteiger charge is -2.18. The van der Waals surface area contributed by atoms with Crippen LogP contribution in [0, 0.1) is 0 Å². The minimum absolute atomic E-state index is 0.302. The third-order valence-corrected chi connectivity index (χ3v) is 4.44. The van der Waals surface area contributed by atoms with E-state index in [0.29, 0.717) is 6.04 Å². The Kier molecular flexibility index (Phi) is 6.33. The molecule has 4 heteroatoms. The molecular weight excluding hydrogens is 316 g/mol. The zero-order valence-corrected chi connectivity index (χ0v) is 14.1. The molecule has 0 aliphatic carbocycles. The molecule has 0 aromatic heterocycles. The van der Waals surface area contributed by atoms with E-state index in [0.717, 1.165) is 29.8 Å². The molecule has 1 aliphatic heterocycles. The molecule has 1 saturated heterocycles. The third-order valence-electron chi connectivity index (χ3n) is 3.95. The Bertz CT molecular complexity index is 419. The first-order valence-corrected chi connectivity index (χ1v) is 8.32. The van der Waals surface area contributed by atoms with Crippen LogP contribution in [0.25, 0.3) is 0 Å². The summed E-state index contributed by atoms with van der Waals surface area (Å²) in [6, 6.07) is 6.57. The van der Waals surface area contributed by atoms with Gasteiger partial charge in [-0.3, -0.25) is 0 Å². The average Bonchev–Trinajstić information content (AvgIpc) is 2.96. The topological polar surface area (TPSA) is 24.5 Å². The van der Waals surface area contributed by atoms with Crippen LogP contribution in [0.2, 0.25) is 0 Å². The molecule has 112 valence electrons. The highest BCUT2D eigenvalue weighted by Gasteiger charge is 2.12. The fraction of sp³-hybridized carbons (Fsp3) is 0.625. The standard InChI is InChI=1S/C16H25BrN2O/c1-13(18-2)15-7-6-14(17)12-16(15)20-11-5-10-19-8-3-4-9-19/h6-7,12-13,18H,3-5,8-11H2,1-2H3. The number of halogens is 1. The van der Waals surface area contributed by atoms with Crippen molar-refractivity contribution in [3.63, 3.8) is 0 Å². The van der Waals surface area contributed by atoms with Crippen molar-refractivity contribution in [2.24, 2.45) is 0 Å². The Morgan fingerprint density at radius 1 is 1.35 bits per heavy atom. The monoisotopic (exact) mass is 340 g/mol. The molecule has 1 unspecified atom stereocenters. The first kappa shape index (κ1) is 15.8. The van der Waals surface area contributed by atoms with E-state index in [1.807, 2.05) is 7.05 Å². The van der Waals surface area contributed by atoms with Crippen LogP contribution in [0.5, 0.6) is 5.75 Å². The van der Waals surface area contributed by atoms with E-state index in [9.17, 15) is 0 Å². The van der Waals surface area contributed by atoms with Crippen LogP contribution in [0.4, 0.5) is 0 Å². The van der Waals surface area contributed by atoms with Crippen molar-refractivity contribution >= 4 is 15.9 Å². The van der Waals surface area contributed by atoms with Crippen LogP contribution in [0.1, 0.15) is 37.8 Å². The maximum absolute atomic E-state index is 6.00. The Hall–Kier alpha value is -0.580. The molecule has 1 fully saturated rings. The fourth-order valence-electron chi connectivity index (χ4n) is 2.62. The van der Waals surface area contributed by atoms with Gasteiger partial charge in [0.15, 0.2) is 0 Å². The van der Waals surface area contributed by atoms with Gasteiger partial charge in [0.05, 0.1) is 6.61 Å². The Labute approximate surface area is 130 Å². The van der Waals surface area contributed by atoms with E-state index in [2.05, 4.69) is 51.3 Å². The molecule has 1 atom stereocenters. The smallest absolute Gasteiger partial charge is 0.125 e. The second kappa shape index (κ2) is 8.01. The number of ether oxygens (including phenoxy) is 1. The lowest BCUT2D eigenvalue weighted by molar-refractivity contribution is 0.260. The number of nitrogens with zero attached hydrogens (tertiary/aromatic N) is 1. The van der Waals surface area contributed by atoms with E-state index in [4.69, 9.17) is 4.74 Å². The van der Waals surface area contributed by atoms with Gasteiger partial charge in [-0.1, -0.05) is 22.0 Å². The number of likely N-dealkylation sites (tertiary alicyclic amines) is 1. The lowest BCUT2D eigenvalue weighted by Crippen LogP contribution is -2.22. The summed E-state index contributed by atoms with van der Waals surface area (Å²) in [6.07, 6.45) is 3.81. The number of nitrogens with one attached hydrogen (secondary N) is 1. The van der Waals surface area contributed by atoms with E-state index < -0.39 is 0 Å². The van der Waals surface area contributed by atoms with Crippen molar-refractivity contribution in [3.8, 4) is 5.75 Å². The number of hydrogen-bond acceptors (Lipinski definition) is 3. The SMILES string of the molecule is CNC(C)c1ccc(Br)cc1OCCCN1CCCC1. The molecule has 1 aromatic rings. The predicted molar refractivity (Wildman–Crippen MR) is 87.4 cm³/mol. The van der Waals surface area contributed by atoms with Gasteiger partial charge in [-0.15, -0.1) is 0 Å². The van der Waals surface area contributed by atoms with Gasteiger partial charge >= 0.3 is 0 Å². The predicted octanol–water partition coefficient (Wildman–Crippen LogP) is 3.59. The van der Waals surface area contributed by atoms with E-state index >= 15 is 0 Å². The summed E-state index contributed by atoms with van der Waals surface area (Å²) in [5.41, 5.74) is 1.22. The number of hydrogen-bond donors (Lipinski definition) is 1. The zero-order chi connectivity index (χ0) is 14.4. The minimum Gasteiger partial charge on any atom is -0.493 e. The lowest BCUT2D eigenvalue weighted by atomic mass is 10.1. The average molecular weight is 341 g/mol. The molecule has 3 nitrogen and oxygen atoms in total. The highest BCUT2D eigenvalue weighted by atomic mass is 79.9. The van der Waals surface area contributed by atoms with Gasteiger partial charge in [0.2, 0.25) is 0 Å². The summed E-state index contributed by atoms with van der Waals surface area (Å²) < 4.78 is 7.07. The van der Waals surface area contributed by atoms with Gasteiger partial charge in [-0.05, 0) is 58.5 Å². The van der Waals surface area contributed by atoms with Crippen molar-refractivity contribution in [2.75, 3.05) is 33.3 Å². The van der Waals surface area contributed by atoms with Crippen LogP contribution >= 0.6 is 15.9 Å². The van der Waals surface area contributed by atoms with Crippen LogP contribution in [0.3, 0.4) is 0 Å². The molecule has 0 spiro atoms. The molecule has 0 radical (unpaired) electrons. The summed E-state index contributed by atoms with van der Waals surface area (Å²) in [4.78, 5) is 2.53. The van der Waals surface area contributed by atoms with Gasteiger partial charge in [-0.25, -0.2) is 0 Å². The molecule has 0 bridgehead atoms. The summed E-state index contributed by atoms with van der Waals surface area (Å²) in [5, 5.41) is 3.27. The van der Waals surface area contributed by atoms with Crippen molar-refractivity contribution < 1.29 is 4.74 Å². The summed E-state index contributed by atoms with van der Waals surface area (Å²) in [6.45, 7) is 6.62. The third kappa shape index (κ3) is 4.47. The number of rotatable bonds is 7. The highest BCUT2D eigenvalue weighted by molar-refractivity contribution is 9.10. The number of benzene rings is 1. The summed E-state index contributed by atoms with van der Waals surface area (Å²) >= 11 is 3.52. The van der Waals surface area contributed by atoms with Gasteiger partial charge in [0.1, 0.15) is 5.75 Å². The van der Waals surface area contributed by atoms with Crippen LogP contribution in [-0.2, 0) is 0 Å². The van der Waals surface area contributed by atoms with Gasteiger partial charge in [-0.2, -0.15) is 0 Å². The molecule has 2 rings (SSSR count). The van der Waals surface area contributed by atoms with E-state index in [1.54, 1.807) is 0 Å². The Morgan fingerprint density at radius 2 is 2.10 bits per heavy atom. The first-order chi connectivity index (χ1) is 9.70. The molecule has 1 heterocycles. The Balaban J connectivity index is 1.85. The molecule has 20 heavy (non-hydrogen) atoms. The molecule has 0 amide bonds. The highest BCUT2D eigenvalue weighted by Crippen LogP contribution is 2.28. The van der Waals surface area contributed by atoms with Gasteiger partial charge in [0, 0.05) is 22.6 Å². The minimum atomic E-state index is 0.302. The van der Waals surface area contributed by atoms with Crippen LogP contribution in [-0.4, -0.2) is 38.2 Å². The van der Waals surface area contributed by atoms with Crippen molar-refractivity contribution in [1.82, 2.24) is 10.2 Å². The first-order valence-electron chi connectivity index (χ1n) is 7.52. The second-order valence-corrected chi connectivity index (χ2v) is 6.36. The maximum atomic E-state index is 6.00. The molecular formula is C16H25BrN2O. The zero-order valence-electron chi connectivity index (χ0n) is 12.5. The van der Waals surface area contributed by atoms with Crippen molar-refractivity contribution in [3.05, 3.63) is 28.2 Å². The van der Waals surface area contributed by atoms with Crippen LogP contribution in [0.15, 0.2) is 22.7 Å². The summed E-state index contributed by atoms with van der Waals surface area (Å²) in [7, 11) is 1.98. The van der Waals surface area contributed by atoms with Crippen molar-refractivity contribution in [2.45, 2.75) is 32.2 Å². The van der Waals surface area contributed by atoms with Crippen molar-refractivity contribution in [1.29, 1.82) is 0 Å². The Morgan fingerprint density at radius 3 is 2.80 bits per heavy atom. The molecule has 1 N–H and O–H groups in total. The van der Waals surface area contributed by atoms with E-state index in [-0.39, 0.29) is 0 Å². The molecule has 0 saturated carbocycles. The van der Waals surface area contributed by atoms with Gasteiger partial charge < -0.3 is 15.0 Å². The normalized spacial score (nSPS) is 17.4. The largest absolute Gasteiger partial charge is 0.493 e. The second-order valence-electron chi connectivity index (χ2n) is 5.44. The van der Waals surface area contributed by atoms with Gasteiger partial charge in [0.25, 0.3) is 0 Å². The maximum Gasteiger partial charge on any atom is 0.125 e. The summed E-state index contributed by atoms with van der Waals surface area (Å²) in [5.74, 6) is 0.989. The molecule has 1 aromatic carbocycles.